The Hall–Kier alpha value is -6.36. The molecular weight excluding hydrogens is 629 g/mol. The number of benzene rings is 8. The van der Waals surface area contributed by atoms with E-state index in [9.17, 15) is 0 Å². The highest BCUT2D eigenvalue weighted by Crippen LogP contribution is 2.48. The summed E-state index contributed by atoms with van der Waals surface area (Å²) >= 11 is 1.86. The molecular formula is C46H28N2OS. The average molecular weight is 657 g/mol. The summed E-state index contributed by atoms with van der Waals surface area (Å²) < 4.78 is 11.7. The SMILES string of the molecule is c1ccc(-n2c3ccccc3c3c(N(c4ccc5c(ccc6sc7ccccc7c65)c4)c4cccc5c4oc4ccccc45)cccc32)cc1. The summed E-state index contributed by atoms with van der Waals surface area (Å²) in [6.45, 7) is 0. The van der Waals surface area contributed by atoms with E-state index >= 15 is 0 Å². The molecule has 0 aliphatic carbocycles. The zero-order valence-corrected chi connectivity index (χ0v) is 27.7. The molecule has 3 aromatic heterocycles. The van der Waals surface area contributed by atoms with Crippen LogP contribution in [0, 0.1) is 0 Å². The van der Waals surface area contributed by atoms with Gasteiger partial charge in [0.2, 0.25) is 0 Å². The summed E-state index contributed by atoms with van der Waals surface area (Å²) in [6, 6.07) is 61.2. The van der Waals surface area contributed by atoms with Crippen molar-refractivity contribution >= 4 is 103 Å². The smallest absolute Gasteiger partial charge is 0.159 e. The fourth-order valence-electron chi connectivity index (χ4n) is 8.04. The van der Waals surface area contributed by atoms with Crippen LogP contribution in [0.25, 0.3) is 80.4 Å². The molecule has 0 saturated heterocycles. The molecule has 11 aromatic rings. The molecule has 0 radical (unpaired) electrons. The number of para-hydroxylation sites is 4. The number of hydrogen-bond acceptors (Lipinski definition) is 3. The highest BCUT2D eigenvalue weighted by atomic mass is 32.1. The van der Waals surface area contributed by atoms with E-state index in [-0.39, 0.29) is 0 Å². The minimum atomic E-state index is 0.872. The summed E-state index contributed by atoms with van der Waals surface area (Å²) in [4.78, 5) is 2.41. The minimum Gasteiger partial charge on any atom is -0.454 e. The summed E-state index contributed by atoms with van der Waals surface area (Å²) in [5.74, 6) is 0. The highest BCUT2D eigenvalue weighted by molar-refractivity contribution is 7.26. The lowest BCUT2D eigenvalue weighted by Gasteiger charge is -2.27. The van der Waals surface area contributed by atoms with Crippen molar-refractivity contribution in [2.24, 2.45) is 0 Å². The third kappa shape index (κ3) is 3.91. The van der Waals surface area contributed by atoms with Gasteiger partial charge in [0, 0.05) is 53.1 Å². The van der Waals surface area contributed by atoms with Crippen molar-refractivity contribution in [3.05, 3.63) is 170 Å². The summed E-state index contributed by atoms with van der Waals surface area (Å²) in [5.41, 5.74) is 8.41. The molecule has 234 valence electrons. The molecule has 4 heteroatoms. The van der Waals surface area contributed by atoms with Crippen LogP contribution in [0.5, 0.6) is 0 Å². The maximum absolute atomic E-state index is 6.72. The van der Waals surface area contributed by atoms with Gasteiger partial charge in [-0.05, 0) is 77.5 Å². The molecule has 0 atom stereocenters. The van der Waals surface area contributed by atoms with Crippen LogP contribution < -0.4 is 4.90 Å². The topological polar surface area (TPSA) is 21.3 Å². The molecule has 50 heavy (non-hydrogen) atoms. The maximum Gasteiger partial charge on any atom is 0.159 e. The van der Waals surface area contributed by atoms with Crippen molar-refractivity contribution in [2.45, 2.75) is 0 Å². The van der Waals surface area contributed by atoms with E-state index in [1.165, 1.54) is 47.2 Å². The zero-order chi connectivity index (χ0) is 32.8. The van der Waals surface area contributed by atoms with E-state index < -0.39 is 0 Å². The first kappa shape index (κ1) is 27.6. The van der Waals surface area contributed by atoms with E-state index in [0.29, 0.717) is 0 Å². The predicted octanol–water partition coefficient (Wildman–Crippen LogP) is 13.7. The molecule has 0 aliphatic heterocycles. The minimum absolute atomic E-state index is 0.872. The first-order valence-corrected chi connectivity index (χ1v) is 17.8. The molecule has 0 bridgehead atoms. The van der Waals surface area contributed by atoms with Gasteiger partial charge in [0.05, 0.1) is 22.4 Å². The quantitative estimate of drug-likeness (QED) is 0.188. The van der Waals surface area contributed by atoms with Crippen molar-refractivity contribution in [3.8, 4) is 5.69 Å². The van der Waals surface area contributed by atoms with E-state index in [1.807, 2.05) is 17.4 Å². The Kier molecular flexibility index (Phi) is 5.83. The molecule has 0 N–H and O–H groups in total. The van der Waals surface area contributed by atoms with Crippen LogP contribution in [0.2, 0.25) is 0 Å². The Morgan fingerprint density at radius 2 is 1.18 bits per heavy atom. The van der Waals surface area contributed by atoms with E-state index in [1.54, 1.807) is 0 Å². The van der Waals surface area contributed by atoms with Gasteiger partial charge in [-0.2, -0.15) is 0 Å². The molecule has 0 saturated carbocycles. The Morgan fingerprint density at radius 1 is 0.460 bits per heavy atom. The van der Waals surface area contributed by atoms with Crippen LogP contribution in [0.3, 0.4) is 0 Å². The van der Waals surface area contributed by atoms with Gasteiger partial charge in [0.25, 0.3) is 0 Å². The second-order valence-electron chi connectivity index (χ2n) is 12.9. The molecule has 11 rings (SSSR count). The van der Waals surface area contributed by atoms with Gasteiger partial charge >= 0.3 is 0 Å². The van der Waals surface area contributed by atoms with Gasteiger partial charge in [-0.25, -0.2) is 0 Å². The van der Waals surface area contributed by atoms with Gasteiger partial charge in [-0.1, -0.05) is 103 Å². The number of anilines is 3. The number of aromatic nitrogens is 1. The lowest BCUT2D eigenvalue weighted by atomic mass is 10.0. The third-order valence-electron chi connectivity index (χ3n) is 10.2. The van der Waals surface area contributed by atoms with Crippen molar-refractivity contribution in [3.63, 3.8) is 0 Å². The number of hydrogen-bond donors (Lipinski definition) is 0. The molecule has 0 spiro atoms. The van der Waals surface area contributed by atoms with E-state index in [2.05, 4.69) is 173 Å². The normalized spacial score (nSPS) is 12.0. The first-order chi connectivity index (χ1) is 24.8. The Balaban J connectivity index is 1.25. The fraction of sp³-hybridized carbons (Fsp3) is 0. The molecule has 8 aromatic carbocycles. The number of furan rings is 1. The second-order valence-corrected chi connectivity index (χ2v) is 14.0. The van der Waals surface area contributed by atoms with Crippen LogP contribution in [-0.2, 0) is 0 Å². The Bertz CT molecular complexity index is 3110. The zero-order valence-electron chi connectivity index (χ0n) is 26.9. The monoisotopic (exact) mass is 656 g/mol. The standard InChI is InChI=1S/C46H28N2OS/c1-2-12-30(13-3-1)47-37-18-7-4-15-35(37)45-38(47)19-11-20-39(45)48(40-21-10-17-34-33-14-5-8-22-41(33)49-46(34)40)31-25-26-32-29(28-31)24-27-43-44(32)36-16-6-9-23-42(36)50-43/h1-28H. The molecule has 3 heterocycles. The van der Waals surface area contributed by atoms with Crippen molar-refractivity contribution in [1.82, 2.24) is 4.57 Å². The van der Waals surface area contributed by atoms with Crippen LogP contribution >= 0.6 is 11.3 Å². The van der Waals surface area contributed by atoms with Crippen LogP contribution in [0.4, 0.5) is 17.1 Å². The van der Waals surface area contributed by atoms with E-state index in [0.717, 1.165) is 50.2 Å². The average Bonchev–Trinajstić information content (AvgIpc) is 3.86. The molecule has 0 amide bonds. The molecule has 0 unspecified atom stereocenters. The second kappa shape index (κ2) is 10.6. The lowest BCUT2D eigenvalue weighted by Crippen LogP contribution is -2.10. The van der Waals surface area contributed by atoms with Gasteiger partial charge in [0.1, 0.15) is 5.58 Å². The summed E-state index contributed by atoms with van der Waals surface area (Å²) in [7, 11) is 0. The highest BCUT2D eigenvalue weighted by Gasteiger charge is 2.24. The Morgan fingerprint density at radius 3 is 2.10 bits per heavy atom. The summed E-state index contributed by atoms with van der Waals surface area (Å²) in [6.07, 6.45) is 0. The number of nitrogens with zero attached hydrogens (tertiary/aromatic N) is 2. The largest absolute Gasteiger partial charge is 0.454 e. The fourth-order valence-corrected chi connectivity index (χ4v) is 9.16. The summed E-state index contributed by atoms with van der Waals surface area (Å²) in [5, 5.41) is 9.74. The van der Waals surface area contributed by atoms with Crippen molar-refractivity contribution in [1.29, 1.82) is 0 Å². The van der Waals surface area contributed by atoms with Crippen molar-refractivity contribution in [2.75, 3.05) is 4.90 Å². The Labute approximate surface area is 291 Å². The number of fused-ring (bicyclic) bond motifs is 11. The van der Waals surface area contributed by atoms with Gasteiger partial charge in [-0.15, -0.1) is 11.3 Å². The molecule has 3 nitrogen and oxygen atoms in total. The molecule has 0 fully saturated rings. The lowest BCUT2D eigenvalue weighted by molar-refractivity contribution is 0.669. The van der Waals surface area contributed by atoms with Gasteiger partial charge < -0.3 is 13.9 Å². The van der Waals surface area contributed by atoms with E-state index in [4.69, 9.17) is 4.42 Å². The van der Waals surface area contributed by atoms with Crippen LogP contribution in [-0.4, -0.2) is 4.57 Å². The predicted molar refractivity (Wildman–Crippen MR) is 213 cm³/mol. The maximum atomic E-state index is 6.72. The van der Waals surface area contributed by atoms with Crippen molar-refractivity contribution < 1.29 is 4.42 Å². The first-order valence-electron chi connectivity index (χ1n) is 16.9. The van der Waals surface area contributed by atoms with Gasteiger partial charge in [0.15, 0.2) is 5.58 Å². The number of rotatable bonds is 4. The van der Waals surface area contributed by atoms with Crippen LogP contribution in [0.1, 0.15) is 0 Å². The van der Waals surface area contributed by atoms with Crippen LogP contribution in [0.15, 0.2) is 174 Å². The third-order valence-corrected chi connectivity index (χ3v) is 11.3. The molecule has 0 aliphatic rings. The number of thiophene rings is 1. The van der Waals surface area contributed by atoms with Gasteiger partial charge in [-0.3, -0.25) is 0 Å².